The summed E-state index contributed by atoms with van der Waals surface area (Å²) in [4.78, 5) is 13.4. The number of aliphatic imine (C=N–C) groups is 1. The van der Waals surface area contributed by atoms with Crippen LogP contribution in [-0.4, -0.2) is 6.08 Å². The van der Waals surface area contributed by atoms with Crippen molar-refractivity contribution in [3.8, 4) is 0 Å². The van der Waals surface area contributed by atoms with E-state index in [0.29, 0.717) is 5.88 Å². The molecule has 0 bridgehead atoms. The molecule has 0 atom stereocenters. The van der Waals surface area contributed by atoms with Crippen LogP contribution in [0, 0.1) is 0 Å². The molecule has 1 aliphatic carbocycles. The van der Waals surface area contributed by atoms with E-state index in [1.807, 2.05) is 6.07 Å². The average Bonchev–Trinajstić information content (AvgIpc) is 2.47. The van der Waals surface area contributed by atoms with Gasteiger partial charge >= 0.3 is 0 Å². The Hall–Kier alpha value is -1.34. The second-order valence-electron chi connectivity index (χ2n) is 2.94. The van der Waals surface area contributed by atoms with Gasteiger partial charge in [-0.15, -0.1) is 4.99 Å². The molecule has 0 N–H and O–H groups in total. The maximum absolute atomic E-state index is 9.94. The van der Waals surface area contributed by atoms with Crippen LogP contribution in [0.4, 0.5) is 5.88 Å². The largest absolute Gasteiger partial charge is 0.442 e. The summed E-state index contributed by atoms with van der Waals surface area (Å²) in [6, 6.07) is 1.83. The predicted molar refractivity (Wildman–Crippen MR) is 43.1 cm³/mol. The van der Waals surface area contributed by atoms with Gasteiger partial charge in [0.2, 0.25) is 12.0 Å². The van der Waals surface area contributed by atoms with E-state index in [-0.39, 0.29) is 0 Å². The summed E-state index contributed by atoms with van der Waals surface area (Å²) >= 11 is 0. The zero-order valence-corrected chi connectivity index (χ0v) is 6.67. The second kappa shape index (κ2) is 2.95. The zero-order valence-electron chi connectivity index (χ0n) is 6.67. The first-order valence-electron chi connectivity index (χ1n) is 4.09. The maximum atomic E-state index is 9.94. The molecule has 3 nitrogen and oxygen atoms in total. The fourth-order valence-electron chi connectivity index (χ4n) is 1.58. The number of fused-ring (bicyclic) bond motifs is 1. The highest BCUT2D eigenvalue weighted by molar-refractivity contribution is 5.45. The van der Waals surface area contributed by atoms with E-state index in [0.717, 1.165) is 18.6 Å². The molecule has 0 radical (unpaired) electrons. The summed E-state index contributed by atoms with van der Waals surface area (Å²) in [7, 11) is 0. The summed E-state index contributed by atoms with van der Waals surface area (Å²) in [6.07, 6.45) is 5.88. The van der Waals surface area contributed by atoms with Gasteiger partial charge in [0.05, 0.1) is 0 Å². The van der Waals surface area contributed by atoms with Crippen molar-refractivity contribution in [1.82, 2.24) is 0 Å². The van der Waals surface area contributed by atoms with E-state index in [1.165, 1.54) is 24.5 Å². The third-order valence-corrected chi connectivity index (χ3v) is 2.14. The Balaban J connectivity index is 2.37. The van der Waals surface area contributed by atoms with E-state index in [4.69, 9.17) is 4.42 Å². The zero-order chi connectivity index (χ0) is 8.39. The monoisotopic (exact) mass is 163 g/mol. The van der Waals surface area contributed by atoms with E-state index in [1.54, 1.807) is 0 Å². The number of isocyanates is 1. The minimum absolute atomic E-state index is 0.400. The molecular weight excluding hydrogens is 154 g/mol. The molecule has 0 saturated heterocycles. The van der Waals surface area contributed by atoms with E-state index in [2.05, 4.69) is 4.99 Å². The molecule has 0 aliphatic heterocycles. The summed E-state index contributed by atoms with van der Waals surface area (Å²) in [5, 5.41) is 0. The Labute approximate surface area is 70.1 Å². The third kappa shape index (κ3) is 1.19. The molecule has 1 aromatic rings. The molecule has 0 fully saturated rings. The van der Waals surface area contributed by atoms with Gasteiger partial charge in [-0.1, -0.05) is 0 Å². The Kier molecular flexibility index (Phi) is 1.80. The maximum Gasteiger partial charge on any atom is 0.243 e. The topological polar surface area (TPSA) is 42.6 Å². The third-order valence-electron chi connectivity index (χ3n) is 2.14. The van der Waals surface area contributed by atoms with Gasteiger partial charge in [0.1, 0.15) is 5.76 Å². The van der Waals surface area contributed by atoms with Crippen molar-refractivity contribution < 1.29 is 9.21 Å². The molecule has 0 amide bonds. The van der Waals surface area contributed by atoms with Crippen molar-refractivity contribution in [2.24, 2.45) is 4.99 Å². The normalized spacial score (nSPS) is 15.0. The van der Waals surface area contributed by atoms with Crippen LogP contribution in [0.1, 0.15) is 24.2 Å². The number of rotatable bonds is 1. The van der Waals surface area contributed by atoms with Crippen LogP contribution in [0.3, 0.4) is 0 Å². The highest BCUT2D eigenvalue weighted by Crippen LogP contribution is 2.28. The number of furan rings is 1. The lowest BCUT2D eigenvalue weighted by molar-refractivity contribution is 0.484. The van der Waals surface area contributed by atoms with Gasteiger partial charge in [0.15, 0.2) is 0 Å². The minimum atomic E-state index is 0.400. The van der Waals surface area contributed by atoms with Crippen LogP contribution in [-0.2, 0) is 17.6 Å². The van der Waals surface area contributed by atoms with Crippen LogP contribution in [0.25, 0.3) is 0 Å². The van der Waals surface area contributed by atoms with Crippen molar-refractivity contribution in [2.75, 3.05) is 0 Å². The smallest absolute Gasteiger partial charge is 0.243 e. The lowest BCUT2D eigenvalue weighted by Gasteiger charge is -2.06. The van der Waals surface area contributed by atoms with Gasteiger partial charge in [-0.05, 0) is 24.8 Å². The first-order valence-corrected chi connectivity index (χ1v) is 4.09. The first-order chi connectivity index (χ1) is 5.90. The van der Waals surface area contributed by atoms with Crippen LogP contribution >= 0.6 is 0 Å². The Morgan fingerprint density at radius 2 is 2.25 bits per heavy atom. The van der Waals surface area contributed by atoms with Crippen molar-refractivity contribution in [2.45, 2.75) is 25.7 Å². The molecule has 1 aromatic heterocycles. The molecule has 12 heavy (non-hydrogen) atoms. The fourth-order valence-corrected chi connectivity index (χ4v) is 1.58. The predicted octanol–water partition coefficient (Wildman–Crippen LogP) is 2.13. The Bertz CT molecular complexity index is 311. The summed E-state index contributed by atoms with van der Waals surface area (Å²) < 4.78 is 5.32. The van der Waals surface area contributed by atoms with E-state index in [9.17, 15) is 4.79 Å². The number of aryl methyl sites for hydroxylation is 2. The van der Waals surface area contributed by atoms with Gasteiger partial charge in [-0.25, -0.2) is 4.79 Å². The Morgan fingerprint density at radius 1 is 1.42 bits per heavy atom. The molecule has 2 rings (SSSR count). The molecule has 62 valence electrons. The van der Waals surface area contributed by atoms with Gasteiger partial charge < -0.3 is 4.42 Å². The van der Waals surface area contributed by atoms with Gasteiger partial charge in [-0.3, -0.25) is 0 Å². The quantitative estimate of drug-likeness (QED) is 0.470. The van der Waals surface area contributed by atoms with Crippen molar-refractivity contribution >= 4 is 12.0 Å². The summed E-state index contributed by atoms with van der Waals surface area (Å²) in [5.74, 6) is 1.40. The lowest BCUT2D eigenvalue weighted by atomic mass is 9.99. The molecule has 0 aromatic carbocycles. The molecule has 1 aliphatic rings. The number of nitrogens with zero attached hydrogens (tertiary/aromatic N) is 1. The van der Waals surface area contributed by atoms with E-state index >= 15 is 0 Å². The number of carbonyl (C=O) groups excluding carboxylic acids is 1. The minimum Gasteiger partial charge on any atom is -0.442 e. The van der Waals surface area contributed by atoms with Gasteiger partial charge in [0.25, 0.3) is 0 Å². The summed E-state index contributed by atoms with van der Waals surface area (Å²) in [5.41, 5.74) is 1.20. The molecular formula is C9H9NO2. The van der Waals surface area contributed by atoms with Gasteiger partial charge in [-0.2, -0.15) is 0 Å². The molecule has 1 heterocycles. The average molecular weight is 163 g/mol. The molecule has 3 heteroatoms. The van der Waals surface area contributed by atoms with Gasteiger partial charge in [0, 0.05) is 12.5 Å². The SMILES string of the molecule is O=C=Nc1cc2c(o1)CCCC2. The van der Waals surface area contributed by atoms with Crippen LogP contribution in [0.2, 0.25) is 0 Å². The second-order valence-corrected chi connectivity index (χ2v) is 2.94. The van der Waals surface area contributed by atoms with E-state index < -0.39 is 0 Å². The highest BCUT2D eigenvalue weighted by atomic mass is 16.4. The van der Waals surface area contributed by atoms with Crippen LogP contribution in [0.5, 0.6) is 0 Å². The molecule has 0 saturated carbocycles. The highest BCUT2D eigenvalue weighted by Gasteiger charge is 2.14. The molecule has 0 unspecified atom stereocenters. The fraction of sp³-hybridized carbons (Fsp3) is 0.444. The molecule has 0 spiro atoms. The Morgan fingerprint density at radius 3 is 3.00 bits per heavy atom. The standard InChI is InChI=1S/C9H9NO2/c11-6-10-9-5-7-3-1-2-4-8(7)12-9/h5H,1-4H2. The van der Waals surface area contributed by atoms with Crippen molar-refractivity contribution in [1.29, 1.82) is 0 Å². The van der Waals surface area contributed by atoms with Crippen LogP contribution in [0.15, 0.2) is 15.5 Å². The first kappa shape index (κ1) is 7.32. The number of hydrogen-bond donors (Lipinski definition) is 0. The van der Waals surface area contributed by atoms with Crippen LogP contribution < -0.4 is 0 Å². The lowest BCUT2D eigenvalue weighted by Crippen LogP contribution is -1.97. The van der Waals surface area contributed by atoms with Crippen molar-refractivity contribution in [3.05, 3.63) is 17.4 Å². The summed E-state index contributed by atoms with van der Waals surface area (Å²) in [6.45, 7) is 0. The van der Waals surface area contributed by atoms with Crippen molar-refractivity contribution in [3.63, 3.8) is 0 Å². The number of hydrogen-bond acceptors (Lipinski definition) is 3.